The fraction of sp³-hybridized carbons (Fsp3) is 1.00. The van der Waals surface area contributed by atoms with Crippen LogP contribution in [0.1, 0.15) is 58.3 Å². The summed E-state index contributed by atoms with van der Waals surface area (Å²) < 4.78 is 0. The molecule has 0 aromatic heterocycles. The first-order valence-corrected chi connectivity index (χ1v) is 7.16. The number of aliphatic hydroxyl groups is 1. The van der Waals surface area contributed by atoms with Crippen LogP contribution in [0, 0.1) is 5.92 Å². The van der Waals surface area contributed by atoms with Crippen molar-refractivity contribution in [1.29, 1.82) is 0 Å². The fourth-order valence-electron chi connectivity index (χ4n) is 3.51. The fourth-order valence-corrected chi connectivity index (χ4v) is 3.51. The Morgan fingerprint density at radius 1 is 1.12 bits per heavy atom. The van der Waals surface area contributed by atoms with Gasteiger partial charge in [-0.3, -0.25) is 0 Å². The summed E-state index contributed by atoms with van der Waals surface area (Å²) in [6, 6.07) is 0. The Bertz CT molecular complexity index is 213. The number of likely N-dealkylation sites (tertiary alicyclic amines) is 1. The normalized spacial score (nSPS) is 34.1. The van der Waals surface area contributed by atoms with Crippen molar-refractivity contribution >= 4 is 0 Å². The molecule has 0 spiro atoms. The van der Waals surface area contributed by atoms with Gasteiger partial charge in [-0.25, -0.2) is 0 Å². The summed E-state index contributed by atoms with van der Waals surface area (Å²) in [6.45, 7) is 5.64. The molecule has 0 radical (unpaired) electrons. The van der Waals surface area contributed by atoms with Crippen molar-refractivity contribution in [3.8, 4) is 0 Å². The SMILES string of the molecule is CCN1CCCC(O)(CC2CCCC2)CC1. The van der Waals surface area contributed by atoms with Crippen LogP contribution >= 0.6 is 0 Å². The molecule has 0 amide bonds. The Kier molecular flexibility index (Phi) is 4.26. The zero-order chi connectivity index (χ0) is 11.4. The van der Waals surface area contributed by atoms with E-state index in [1.807, 2.05) is 0 Å². The van der Waals surface area contributed by atoms with Crippen molar-refractivity contribution in [2.75, 3.05) is 19.6 Å². The first-order valence-electron chi connectivity index (χ1n) is 7.16. The van der Waals surface area contributed by atoms with E-state index in [2.05, 4.69) is 11.8 Å². The quantitative estimate of drug-likeness (QED) is 0.798. The Balaban J connectivity index is 1.85. The van der Waals surface area contributed by atoms with Gasteiger partial charge in [0.2, 0.25) is 0 Å². The molecule has 0 bridgehead atoms. The summed E-state index contributed by atoms with van der Waals surface area (Å²) in [5.74, 6) is 0.818. The molecule has 2 heteroatoms. The predicted octanol–water partition coefficient (Wildman–Crippen LogP) is 2.80. The third kappa shape index (κ3) is 3.21. The second-order valence-electron chi connectivity index (χ2n) is 5.87. The maximum Gasteiger partial charge on any atom is 0.0663 e. The minimum atomic E-state index is -0.334. The van der Waals surface area contributed by atoms with Crippen molar-refractivity contribution < 1.29 is 5.11 Å². The van der Waals surface area contributed by atoms with Crippen molar-refractivity contribution in [1.82, 2.24) is 4.90 Å². The number of nitrogens with zero attached hydrogens (tertiary/aromatic N) is 1. The number of hydrogen-bond acceptors (Lipinski definition) is 2. The Morgan fingerprint density at radius 2 is 1.88 bits per heavy atom. The number of rotatable bonds is 3. The summed E-state index contributed by atoms with van der Waals surface area (Å²) in [4.78, 5) is 2.48. The topological polar surface area (TPSA) is 23.5 Å². The highest BCUT2D eigenvalue weighted by molar-refractivity contribution is 4.86. The largest absolute Gasteiger partial charge is 0.390 e. The van der Waals surface area contributed by atoms with E-state index in [1.165, 1.54) is 38.6 Å². The van der Waals surface area contributed by atoms with E-state index >= 15 is 0 Å². The molecule has 1 aliphatic carbocycles. The molecule has 1 aliphatic heterocycles. The average Bonchev–Trinajstić information content (AvgIpc) is 2.68. The first-order chi connectivity index (χ1) is 7.72. The second-order valence-corrected chi connectivity index (χ2v) is 5.87. The zero-order valence-electron chi connectivity index (χ0n) is 10.7. The Hall–Kier alpha value is -0.0800. The molecule has 2 rings (SSSR count). The molecule has 1 saturated carbocycles. The van der Waals surface area contributed by atoms with E-state index in [-0.39, 0.29) is 5.60 Å². The van der Waals surface area contributed by atoms with E-state index in [0.717, 1.165) is 38.3 Å². The molecule has 2 aliphatic rings. The Morgan fingerprint density at radius 3 is 2.56 bits per heavy atom. The molecule has 2 fully saturated rings. The van der Waals surface area contributed by atoms with Crippen LogP contribution in [-0.2, 0) is 0 Å². The molecular weight excluding hydrogens is 198 g/mol. The lowest BCUT2D eigenvalue weighted by Crippen LogP contribution is -2.33. The first kappa shape index (κ1) is 12.4. The van der Waals surface area contributed by atoms with Gasteiger partial charge in [0.15, 0.2) is 0 Å². The highest BCUT2D eigenvalue weighted by Gasteiger charge is 2.33. The van der Waals surface area contributed by atoms with Crippen LogP contribution in [0.15, 0.2) is 0 Å². The van der Waals surface area contributed by atoms with Gasteiger partial charge in [0, 0.05) is 6.54 Å². The molecule has 1 unspecified atom stereocenters. The summed E-state index contributed by atoms with van der Waals surface area (Å²) in [5, 5.41) is 10.7. The van der Waals surface area contributed by atoms with Gasteiger partial charge in [0.25, 0.3) is 0 Å². The van der Waals surface area contributed by atoms with Crippen molar-refractivity contribution in [2.24, 2.45) is 5.92 Å². The molecule has 2 nitrogen and oxygen atoms in total. The van der Waals surface area contributed by atoms with Crippen molar-refractivity contribution in [3.05, 3.63) is 0 Å². The monoisotopic (exact) mass is 225 g/mol. The zero-order valence-corrected chi connectivity index (χ0v) is 10.7. The lowest BCUT2D eigenvalue weighted by molar-refractivity contribution is 0.00258. The standard InChI is InChI=1S/C14H27NO/c1-2-15-10-5-8-14(16,9-11-15)12-13-6-3-4-7-13/h13,16H,2-12H2,1H3. The highest BCUT2D eigenvalue weighted by Crippen LogP contribution is 2.36. The van der Waals surface area contributed by atoms with Crippen LogP contribution in [0.5, 0.6) is 0 Å². The minimum absolute atomic E-state index is 0.334. The van der Waals surface area contributed by atoms with Gasteiger partial charge < -0.3 is 10.0 Å². The van der Waals surface area contributed by atoms with E-state index < -0.39 is 0 Å². The minimum Gasteiger partial charge on any atom is -0.390 e. The van der Waals surface area contributed by atoms with Crippen LogP contribution in [0.4, 0.5) is 0 Å². The molecule has 1 heterocycles. The van der Waals surface area contributed by atoms with Crippen LogP contribution in [0.2, 0.25) is 0 Å². The third-order valence-electron chi connectivity index (χ3n) is 4.60. The Labute approximate surface area is 100 Å². The molecule has 1 saturated heterocycles. The molecule has 0 aromatic rings. The summed E-state index contributed by atoms with van der Waals surface area (Å²) in [5.41, 5.74) is -0.334. The van der Waals surface area contributed by atoms with Gasteiger partial charge in [-0.15, -0.1) is 0 Å². The highest BCUT2D eigenvalue weighted by atomic mass is 16.3. The number of hydrogen-bond donors (Lipinski definition) is 1. The molecule has 1 atom stereocenters. The van der Waals surface area contributed by atoms with Gasteiger partial charge in [-0.05, 0) is 44.7 Å². The molecule has 0 aromatic carbocycles. The van der Waals surface area contributed by atoms with E-state index in [0.29, 0.717) is 0 Å². The average molecular weight is 225 g/mol. The lowest BCUT2D eigenvalue weighted by atomic mass is 9.84. The van der Waals surface area contributed by atoms with E-state index in [4.69, 9.17) is 0 Å². The molecule has 94 valence electrons. The predicted molar refractivity (Wildman–Crippen MR) is 67.5 cm³/mol. The van der Waals surface area contributed by atoms with Gasteiger partial charge >= 0.3 is 0 Å². The maximum absolute atomic E-state index is 10.7. The van der Waals surface area contributed by atoms with Crippen molar-refractivity contribution in [3.63, 3.8) is 0 Å². The van der Waals surface area contributed by atoms with Crippen LogP contribution in [0.3, 0.4) is 0 Å². The molecule has 1 N–H and O–H groups in total. The van der Waals surface area contributed by atoms with E-state index in [9.17, 15) is 5.11 Å². The molecular formula is C14H27NO. The summed E-state index contributed by atoms with van der Waals surface area (Å²) >= 11 is 0. The second kappa shape index (κ2) is 5.50. The van der Waals surface area contributed by atoms with Gasteiger partial charge in [-0.2, -0.15) is 0 Å². The van der Waals surface area contributed by atoms with Gasteiger partial charge in [0.1, 0.15) is 0 Å². The summed E-state index contributed by atoms with van der Waals surface area (Å²) in [6.07, 6.45) is 9.78. The van der Waals surface area contributed by atoms with Crippen LogP contribution in [-0.4, -0.2) is 35.2 Å². The summed E-state index contributed by atoms with van der Waals surface area (Å²) in [7, 11) is 0. The maximum atomic E-state index is 10.7. The molecule has 16 heavy (non-hydrogen) atoms. The van der Waals surface area contributed by atoms with Gasteiger partial charge in [-0.1, -0.05) is 32.6 Å². The smallest absolute Gasteiger partial charge is 0.0663 e. The van der Waals surface area contributed by atoms with Gasteiger partial charge in [0.05, 0.1) is 5.60 Å². The third-order valence-corrected chi connectivity index (χ3v) is 4.60. The van der Waals surface area contributed by atoms with E-state index in [1.54, 1.807) is 0 Å². The van der Waals surface area contributed by atoms with Crippen LogP contribution in [0.25, 0.3) is 0 Å². The van der Waals surface area contributed by atoms with Crippen molar-refractivity contribution in [2.45, 2.75) is 63.9 Å². The lowest BCUT2D eigenvalue weighted by Gasteiger charge is -2.29. The van der Waals surface area contributed by atoms with Crippen LogP contribution < -0.4 is 0 Å².